The van der Waals surface area contributed by atoms with Crippen LogP contribution in [0, 0.1) is 6.92 Å². The third-order valence-electron chi connectivity index (χ3n) is 3.80. The van der Waals surface area contributed by atoms with Crippen LogP contribution in [0.3, 0.4) is 0 Å². The van der Waals surface area contributed by atoms with Crippen LogP contribution in [-0.4, -0.2) is 47.1 Å². The van der Waals surface area contributed by atoms with E-state index in [0.29, 0.717) is 12.0 Å². The Balaban J connectivity index is 1.84. The van der Waals surface area contributed by atoms with Gasteiger partial charge in [-0.25, -0.2) is 14.0 Å². The second-order valence-electron chi connectivity index (χ2n) is 5.60. The normalized spacial score (nSPS) is 34.8. The Morgan fingerprint density at radius 1 is 1.36 bits per heavy atom. The summed E-state index contributed by atoms with van der Waals surface area (Å²) in [5, 5.41) is 0. The van der Waals surface area contributed by atoms with Crippen molar-refractivity contribution >= 4 is 7.75 Å². The van der Waals surface area contributed by atoms with E-state index in [9.17, 15) is 14.2 Å². The summed E-state index contributed by atoms with van der Waals surface area (Å²) < 4.78 is 31.7. The molecule has 2 aliphatic rings. The lowest BCUT2D eigenvalue weighted by molar-refractivity contribution is -0.0638. The molecular formula is C12H18N3O6P. The van der Waals surface area contributed by atoms with Gasteiger partial charge in [0.25, 0.3) is 5.56 Å². The number of aryl methyl sites for hydroxylation is 1. The third kappa shape index (κ3) is 2.59. The number of hydrogen-bond donors (Lipinski definition) is 1. The van der Waals surface area contributed by atoms with Gasteiger partial charge in [-0.05, 0) is 21.0 Å². The Labute approximate surface area is 126 Å². The van der Waals surface area contributed by atoms with E-state index < -0.39 is 37.4 Å². The van der Waals surface area contributed by atoms with Crippen molar-refractivity contribution in [3.05, 3.63) is 32.6 Å². The van der Waals surface area contributed by atoms with E-state index in [-0.39, 0.29) is 6.61 Å². The van der Waals surface area contributed by atoms with Crippen LogP contribution in [0.4, 0.5) is 0 Å². The predicted molar refractivity (Wildman–Crippen MR) is 76.7 cm³/mol. The summed E-state index contributed by atoms with van der Waals surface area (Å²) in [7, 11) is -0.0640. The average molecular weight is 331 g/mol. The first-order chi connectivity index (χ1) is 10.3. The molecule has 3 rings (SSSR count). The molecule has 22 heavy (non-hydrogen) atoms. The molecule has 0 aromatic carbocycles. The van der Waals surface area contributed by atoms with Gasteiger partial charge in [-0.2, -0.15) is 0 Å². The maximum Gasteiger partial charge on any atom is 0.408 e. The Morgan fingerprint density at radius 2 is 2.09 bits per heavy atom. The van der Waals surface area contributed by atoms with Gasteiger partial charge in [-0.1, -0.05) is 0 Å². The van der Waals surface area contributed by atoms with Crippen LogP contribution in [-0.2, 0) is 18.3 Å². The first kappa shape index (κ1) is 15.6. The Hall–Kier alpha value is -1.25. The highest BCUT2D eigenvalue weighted by Gasteiger charge is 2.48. The molecule has 122 valence electrons. The molecule has 4 unspecified atom stereocenters. The summed E-state index contributed by atoms with van der Waals surface area (Å²) in [5.74, 6) is 0. The molecule has 10 heteroatoms. The van der Waals surface area contributed by atoms with Crippen molar-refractivity contribution in [2.45, 2.75) is 31.8 Å². The number of aromatic amines is 1. The van der Waals surface area contributed by atoms with E-state index in [1.54, 1.807) is 21.0 Å². The fraction of sp³-hybridized carbons (Fsp3) is 0.667. The van der Waals surface area contributed by atoms with Crippen molar-refractivity contribution in [2.75, 3.05) is 20.7 Å². The zero-order chi connectivity index (χ0) is 16.1. The standard InChI is InChI=1S/C12H18N3O6P/c1-7-5-15(12(17)13-11(7)16)10-4-8-9(20-10)6-19-22(18,21-8)14(2)3/h5,8-10H,4,6H2,1-3H3,(H,13,16,17). The van der Waals surface area contributed by atoms with Crippen LogP contribution in [0.15, 0.2) is 15.8 Å². The molecule has 0 saturated carbocycles. The second kappa shape index (κ2) is 5.43. The van der Waals surface area contributed by atoms with E-state index in [1.807, 2.05) is 0 Å². The number of H-pyrrole nitrogens is 1. The van der Waals surface area contributed by atoms with Crippen LogP contribution in [0.5, 0.6) is 0 Å². The number of ether oxygens (including phenoxy) is 1. The lowest BCUT2D eigenvalue weighted by Crippen LogP contribution is -2.35. The van der Waals surface area contributed by atoms with Crippen LogP contribution in [0.25, 0.3) is 0 Å². The smallest absolute Gasteiger partial charge is 0.349 e. The minimum Gasteiger partial charge on any atom is -0.349 e. The van der Waals surface area contributed by atoms with Crippen molar-refractivity contribution in [2.24, 2.45) is 0 Å². The fourth-order valence-electron chi connectivity index (χ4n) is 2.51. The van der Waals surface area contributed by atoms with E-state index in [2.05, 4.69) is 4.98 Å². The molecule has 0 radical (unpaired) electrons. The van der Waals surface area contributed by atoms with Gasteiger partial charge in [0.15, 0.2) is 0 Å². The summed E-state index contributed by atoms with van der Waals surface area (Å²) in [6.45, 7) is 1.74. The Morgan fingerprint density at radius 3 is 2.77 bits per heavy atom. The van der Waals surface area contributed by atoms with Crippen molar-refractivity contribution < 1.29 is 18.3 Å². The Kier molecular flexibility index (Phi) is 3.86. The van der Waals surface area contributed by atoms with Crippen molar-refractivity contribution in [1.29, 1.82) is 0 Å². The largest absolute Gasteiger partial charge is 0.408 e. The van der Waals surface area contributed by atoms with Gasteiger partial charge in [0.2, 0.25) is 0 Å². The van der Waals surface area contributed by atoms with Crippen LogP contribution < -0.4 is 11.2 Å². The molecule has 1 aromatic rings. The van der Waals surface area contributed by atoms with E-state index in [0.717, 1.165) is 0 Å². The molecule has 9 nitrogen and oxygen atoms in total. The third-order valence-corrected chi connectivity index (χ3v) is 5.79. The van der Waals surface area contributed by atoms with Crippen molar-refractivity contribution in [1.82, 2.24) is 14.2 Å². The SMILES string of the molecule is Cc1cn(C2CC3OP(=O)(N(C)C)OCC3O2)c(=O)[nH]c1=O. The molecule has 2 saturated heterocycles. The highest BCUT2D eigenvalue weighted by Crippen LogP contribution is 2.56. The molecule has 0 aliphatic carbocycles. The second-order valence-corrected chi connectivity index (χ2v) is 7.81. The number of fused-ring (bicyclic) bond motifs is 1. The van der Waals surface area contributed by atoms with E-state index in [1.165, 1.54) is 15.4 Å². The maximum atomic E-state index is 12.4. The molecule has 1 N–H and O–H groups in total. The Bertz CT molecular complexity index is 741. The molecule has 0 amide bonds. The van der Waals surface area contributed by atoms with Gasteiger partial charge in [-0.3, -0.25) is 23.4 Å². The summed E-state index contributed by atoms with van der Waals surface area (Å²) in [6, 6.07) is 0. The summed E-state index contributed by atoms with van der Waals surface area (Å²) >= 11 is 0. The molecular weight excluding hydrogens is 313 g/mol. The lowest BCUT2D eigenvalue weighted by atomic mass is 10.2. The number of nitrogens with one attached hydrogen (secondary N) is 1. The average Bonchev–Trinajstić information content (AvgIpc) is 2.85. The molecule has 0 bridgehead atoms. The molecule has 3 heterocycles. The lowest BCUT2D eigenvalue weighted by Gasteiger charge is -2.33. The highest BCUT2D eigenvalue weighted by molar-refractivity contribution is 7.51. The minimum absolute atomic E-state index is 0.133. The van der Waals surface area contributed by atoms with Crippen molar-refractivity contribution in [3.8, 4) is 0 Å². The first-order valence-electron chi connectivity index (χ1n) is 6.88. The zero-order valence-electron chi connectivity index (χ0n) is 12.5. The summed E-state index contributed by atoms with van der Waals surface area (Å²) in [6.07, 6.45) is 0.403. The van der Waals surface area contributed by atoms with Gasteiger partial charge in [-0.15, -0.1) is 0 Å². The number of nitrogens with zero attached hydrogens (tertiary/aromatic N) is 2. The molecule has 0 spiro atoms. The van der Waals surface area contributed by atoms with Gasteiger partial charge < -0.3 is 4.74 Å². The maximum absolute atomic E-state index is 12.4. The quantitative estimate of drug-likeness (QED) is 0.773. The molecule has 4 atom stereocenters. The topological polar surface area (TPSA) is 103 Å². The number of aromatic nitrogens is 2. The van der Waals surface area contributed by atoms with Gasteiger partial charge >= 0.3 is 13.4 Å². The number of hydrogen-bond acceptors (Lipinski definition) is 6. The first-order valence-corrected chi connectivity index (χ1v) is 8.38. The minimum atomic E-state index is -3.29. The number of rotatable bonds is 2. The van der Waals surface area contributed by atoms with Gasteiger partial charge in [0.05, 0.1) is 6.61 Å². The van der Waals surface area contributed by atoms with Crippen LogP contribution >= 0.6 is 7.75 Å². The predicted octanol–water partition coefficient (Wildman–Crippen LogP) is 0.218. The van der Waals surface area contributed by atoms with Gasteiger partial charge in [0, 0.05) is 18.2 Å². The summed E-state index contributed by atoms with van der Waals surface area (Å²) in [4.78, 5) is 25.6. The molecule has 2 aliphatic heterocycles. The van der Waals surface area contributed by atoms with Crippen molar-refractivity contribution in [3.63, 3.8) is 0 Å². The highest BCUT2D eigenvalue weighted by atomic mass is 31.2. The molecule has 1 aromatic heterocycles. The fourth-order valence-corrected chi connectivity index (χ4v) is 3.89. The monoisotopic (exact) mass is 331 g/mol. The van der Waals surface area contributed by atoms with Crippen LogP contribution in [0.2, 0.25) is 0 Å². The van der Waals surface area contributed by atoms with E-state index >= 15 is 0 Å². The summed E-state index contributed by atoms with van der Waals surface area (Å²) in [5.41, 5.74) is -0.557. The van der Waals surface area contributed by atoms with Gasteiger partial charge in [0.1, 0.15) is 18.4 Å². The zero-order valence-corrected chi connectivity index (χ0v) is 13.4. The van der Waals surface area contributed by atoms with Crippen LogP contribution in [0.1, 0.15) is 18.2 Å². The van der Waals surface area contributed by atoms with E-state index in [4.69, 9.17) is 13.8 Å². The molecule has 2 fully saturated rings.